The lowest BCUT2D eigenvalue weighted by atomic mass is 10.1. The fourth-order valence-corrected chi connectivity index (χ4v) is 2.23. The van der Waals surface area contributed by atoms with E-state index in [-0.39, 0.29) is 11.5 Å². The summed E-state index contributed by atoms with van der Waals surface area (Å²) >= 11 is 0. The molecule has 0 radical (unpaired) electrons. The number of rotatable bonds is 6. The van der Waals surface area contributed by atoms with Gasteiger partial charge in [0.1, 0.15) is 0 Å². The maximum Gasteiger partial charge on any atom is 0.416 e. The zero-order valence-electron chi connectivity index (χ0n) is 13.4. The Balaban J connectivity index is 1.55. The maximum atomic E-state index is 12.6. The molecule has 0 fully saturated rings. The smallest absolute Gasteiger partial charge is 0.355 e. The van der Waals surface area contributed by atoms with Crippen molar-refractivity contribution < 1.29 is 22.5 Å². The summed E-state index contributed by atoms with van der Waals surface area (Å²) in [6.07, 6.45) is -0.470. The molecule has 0 saturated carbocycles. The number of aryl methyl sites for hydroxylation is 1. The first kappa shape index (κ1) is 17.6. The number of hydrogen-bond donors (Lipinski definition) is 1. The zero-order valence-corrected chi connectivity index (χ0v) is 13.4. The van der Waals surface area contributed by atoms with Gasteiger partial charge in [-0.05, 0) is 18.6 Å². The molecule has 0 aliphatic carbocycles. The van der Waals surface area contributed by atoms with E-state index >= 15 is 0 Å². The van der Waals surface area contributed by atoms with Gasteiger partial charge in [0.05, 0.1) is 11.8 Å². The van der Waals surface area contributed by atoms with Crippen LogP contribution < -0.4 is 5.32 Å². The van der Waals surface area contributed by atoms with Crippen molar-refractivity contribution >= 4 is 5.91 Å². The Morgan fingerprint density at radius 3 is 2.65 bits per heavy atom. The van der Waals surface area contributed by atoms with Crippen LogP contribution in [0.1, 0.15) is 22.5 Å². The fourth-order valence-electron chi connectivity index (χ4n) is 2.23. The predicted molar refractivity (Wildman–Crippen MR) is 83.9 cm³/mol. The standard InChI is InChI=1S/C16H14F3N5O2/c17-16(18,19)12-4-2-11(3-5-12)14-10-13(22-26-14)15(25)20-6-1-8-24-9-7-21-23-24/h2-5,7,9-10H,1,6,8H2,(H,20,25). The van der Waals surface area contributed by atoms with E-state index < -0.39 is 17.6 Å². The third-order valence-electron chi connectivity index (χ3n) is 3.56. The van der Waals surface area contributed by atoms with Crippen molar-refractivity contribution in [3.8, 4) is 11.3 Å². The summed E-state index contributed by atoms with van der Waals surface area (Å²) in [7, 11) is 0. The lowest BCUT2D eigenvalue weighted by molar-refractivity contribution is -0.137. The maximum absolute atomic E-state index is 12.6. The van der Waals surface area contributed by atoms with Gasteiger partial charge >= 0.3 is 6.18 Å². The highest BCUT2D eigenvalue weighted by Crippen LogP contribution is 2.31. The van der Waals surface area contributed by atoms with Crippen LogP contribution in [0.25, 0.3) is 11.3 Å². The Bertz CT molecular complexity index is 857. The Hall–Kier alpha value is -3.17. The van der Waals surface area contributed by atoms with Crippen molar-refractivity contribution in [3.63, 3.8) is 0 Å². The van der Waals surface area contributed by atoms with Crippen LogP contribution in [0.2, 0.25) is 0 Å². The lowest BCUT2D eigenvalue weighted by Crippen LogP contribution is -2.25. The second kappa shape index (κ2) is 7.38. The van der Waals surface area contributed by atoms with E-state index in [0.29, 0.717) is 25.1 Å². The molecule has 0 unspecified atom stereocenters. The van der Waals surface area contributed by atoms with E-state index in [9.17, 15) is 18.0 Å². The number of benzene rings is 1. The second-order valence-corrected chi connectivity index (χ2v) is 5.43. The summed E-state index contributed by atoms with van der Waals surface area (Å²) in [6, 6.07) is 5.81. The second-order valence-electron chi connectivity index (χ2n) is 5.43. The molecule has 0 bridgehead atoms. The molecule has 1 aromatic carbocycles. The number of nitrogens with one attached hydrogen (secondary N) is 1. The van der Waals surface area contributed by atoms with Crippen molar-refractivity contribution in [1.82, 2.24) is 25.5 Å². The van der Waals surface area contributed by atoms with E-state index in [1.807, 2.05) is 0 Å². The molecular formula is C16H14F3N5O2. The van der Waals surface area contributed by atoms with Crippen molar-refractivity contribution in [2.45, 2.75) is 19.1 Å². The monoisotopic (exact) mass is 365 g/mol. The predicted octanol–water partition coefficient (Wildman–Crippen LogP) is 2.77. The quantitative estimate of drug-likeness (QED) is 0.679. The van der Waals surface area contributed by atoms with Crippen LogP contribution in [0.15, 0.2) is 47.2 Å². The Labute approximate surface area is 145 Å². The summed E-state index contributed by atoms with van der Waals surface area (Å²) in [5.74, 6) is -0.211. The van der Waals surface area contributed by atoms with Gasteiger partial charge in [0.15, 0.2) is 11.5 Å². The van der Waals surface area contributed by atoms with Crippen LogP contribution in [0, 0.1) is 0 Å². The molecule has 2 heterocycles. The van der Waals surface area contributed by atoms with Gasteiger partial charge in [-0.2, -0.15) is 13.2 Å². The van der Waals surface area contributed by atoms with Gasteiger partial charge in [0.25, 0.3) is 5.91 Å². The van der Waals surface area contributed by atoms with Gasteiger partial charge in [-0.25, -0.2) is 0 Å². The molecule has 3 rings (SSSR count). The van der Waals surface area contributed by atoms with Gasteiger partial charge in [0.2, 0.25) is 0 Å². The molecular weight excluding hydrogens is 351 g/mol. The van der Waals surface area contributed by atoms with Crippen LogP contribution in [-0.2, 0) is 12.7 Å². The van der Waals surface area contributed by atoms with Gasteiger partial charge < -0.3 is 9.84 Å². The molecule has 1 amide bonds. The highest BCUT2D eigenvalue weighted by atomic mass is 19.4. The number of carbonyl (C=O) groups excluding carboxylic acids is 1. The SMILES string of the molecule is O=C(NCCCn1ccnn1)c1cc(-c2ccc(C(F)(F)F)cc2)on1. The van der Waals surface area contributed by atoms with Gasteiger partial charge in [0, 0.05) is 30.9 Å². The number of aromatic nitrogens is 4. The zero-order chi connectivity index (χ0) is 18.6. The molecule has 0 aliphatic rings. The highest BCUT2D eigenvalue weighted by molar-refractivity contribution is 5.93. The van der Waals surface area contributed by atoms with Crippen LogP contribution in [0.4, 0.5) is 13.2 Å². The Morgan fingerprint density at radius 2 is 2.00 bits per heavy atom. The first-order chi connectivity index (χ1) is 12.4. The van der Waals surface area contributed by atoms with E-state index in [0.717, 1.165) is 12.1 Å². The normalized spacial score (nSPS) is 11.5. The van der Waals surface area contributed by atoms with Gasteiger partial charge in [-0.3, -0.25) is 9.48 Å². The molecule has 0 saturated heterocycles. The number of alkyl halides is 3. The summed E-state index contributed by atoms with van der Waals surface area (Å²) < 4.78 is 44.4. The van der Waals surface area contributed by atoms with Crippen molar-refractivity contribution in [3.05, 3.63) is 54.0 Å². The molecule has 0 spiro atoms. The first-order valence-electron chi connectivity index (χ1n) is 7.70. The minimum atomic E-state index is -4.41. The third kappa shape index (κ3) is 4.26. The van der Waals surface area contributed by atoms with Gasteiger partial charge in [-0.15, -0.1) is 5.10 Å². The number of halogens is 3. The number of amides is 1. The van der Waals surface area contributed by atoms with E-state index in [2.05, 4.69) is 20.8 Å². The fraction of sp³-hybridized carbons (Fsp3) is 0.250. The molecule has 0 atom stereocenters. The molecule has 7 nitrogen and oxygen atoms in total. The minimum Gasteiger partial charge on any atom is -0.355 e. The summed E-state index contributed by atoms with van der Waals surface area (Å²) in [6.45, 7) is 1.01. The van der Waals surface area contributed by atoms with Crippen LogP contribution in [0.3, 0.4) is 0 Å². The number of carbonyl (C=O) groups is 1. The van der Waals surface area contributed by atoms with E-state index in [4.69, 9.17) is 4.52 Å². The lowest BCUT2D eigenvalue weighted by Gasteiger charge is -2.06. The molecule has 3 aromatic rings. The summed E-state index contributed by atoms with van der Waals surface area (Å²) in [5.41, 5.74) is -0.303. The minimum absolute atomic E-state index is 0.0562. The Morgan fingerprint density at radius 1 is 1.23 bits per heavy atom. The topological polar surface area (TPSA) is 85.8 Å². The van der Waals surface area contributed by atoms with E-state index in [1.54, 1.807) is 17.1 Å². The largest absolute Gasteiger partial charge is 0.416 e. The first-order valence-corrected chi connectivity index (χ1v) is 7.70. The van der Waals surface area contributed by atoms with Crippen LogP contribution in [-0.4, -0.2) is 32.6 Å². The average molecular weight is 365 g/mol. The van der Waals surface area contributed by atoms with Crippen LogP contribution in [0.5, 0.6) is 0 Å². The molecule has 2 aromatic heterocycles. The van der Waals surface area contributed by atoms with Gasteiger partial charge in [-0.1, -0.05) is 22.5 Å². The van der Waals surface area contributed by atoms with E-state index in [1.165, 1.54) is 18.2 Å². The van der Waals surface area contributed by atoms with Crippen molar-refractivity contribution in [2.75, 3.05) is 6.54 Å². The third-order valence-corrected chi connectivity index (χ3v) is 3.56. The number of hydrogen-bond acceptors (Lipinski definition) is 5. The summed E-state index contributed by atoms with van der Waals surface area (Å²) in [4.78, 5) is 12.0. The summed E-state index contributed by atoms with van der Waals surface area (Å²) in [5, 5.41) is 13.8. The number of nitrogens with zero attached hydrogens (tertiary/aromatic N) is 4. The molecule has 136 valence electrons. The highest BCUT2D eigenvalue weighted by Gasteiger charge is 2.30. The van der Waals surface area contributed by atoms with Crippen LogP contribution >= 0.6 is 0 Å². The Kier molecular flexibility index (Phi) is 5.01. The van der Waals surface area contributed by atoms with Crippen molar-refractivity contribution in [2.24, 2.45) is 0 Å². The van der Waals surface area contributed by atoms with Crippen molar-refractivity contribution in [1.29, 1.82) is 0 Å². The molecule has 26 heavy (non-hydrogen) atoms. The average Bonchev–Trinajstić information content (AvgIpc) is 3.29. The molecule has 10 heteroatoms. The molecule has 0 aliphatic heterocycles. The molecule has 1 N–H and O–H groups in total.